The highest BCUT2D eigenvalue weighted by Crippen LogP contribution is 2.13. The lowest BCUT2D eigenvalue weighted by molar-refractivity contribution is -0.175. The van der Waals surface area contributed by atoms with Crippen molar-refractivity contribution in [2.45, 2.75) is 13.1 Å². The second-order valence-corrected chi connectivity index (χ2v) is 3.61. The lowest BCUT2D eigenvalue weighted by atomic mass is 10.2. The summed E-state index contributed by atoms with van der Waals surface area (Å²) in [7, 11) is 0. The van der Waals surface area contributed by atoms with Gasteiger partial charge in [0.1, 0.15) is 5.75 Å². The zero-order valence-corrected chi connectivity index (χ0v) is 9.88. The van der Waals surface area contributed by atoms with Crippen LogP contribution in [0.15, 0.2) is 24.3 Å². The molecular formula is C11H11F3N2O3. The van der Waals surface area contributed by atoms with E-state index in [0.29, 0.717) is 5.75 Å². The van der Waals surface area contributed by atoms with Crippen LogP contribution in [0.5, 0.6) is 5.75 Å². The molecule has 1 aromatic rings. The Kier molecular flexibility index (Phi) is 4.74. The summed E-state index contributed by atoms with van der Waals surface area (Å²) in [6.45, 7) is 1.30. The van der Waals surface area contributed by atoms with Crippen LogP contribution in [-0.2, 0) is 9.59 Å². The minimum atomic E-state index is -5.05. The first-order valence-electron chi connectivity index (χ1n) is 5.14. The Morgan fingerprint density at radius 1 is 1.26 bits per heavy atom. The number of rotatable bonds is 3. The van der Waals surface area contributed by atoms with Crippen LogP contribution < -0.4 is 15.6 Å². The van der Waals surface area contributed by atoms with Gasteiger partial charge in [-0.1, -0.05) is 12.1 Å². The number of carbonyl (C=O) groups excluding carboxylic acids is 2. The summed E-state index contributed by atoms with van der Waals surface area (Å²) in [5, 5.41) is 0. The molecule has 0 aliphatic heterocycles. The number of ether oxygens (including phenoxy) is 1. The number of hydrogen-bond donors (Lipinski definition) is 2. The number of hydrazine groups is 1. The van der Waals surface area contributed by atoms with Crippen LogP contribution in [0.2, 0.25) is 0 Å². The summed E-state index contributed by atoms with van der Waals surface area (Å²) in [5.41, 5.74) is 3.72. The van der Waals surface area contributed by atoms with E-state index in [1.807, 2.05) is 13.0 Å². The smallest absolute Gasteiger partial charge is 0.472 e. The van der Waals surface area contributed by atoms with Crippen molar-refractivity contribution in [2.24, 2.45) is 0 Å². The van der Waals surface area contributed by atoms with Gasteiger partial charge in [-0.3, -0.25) is 20.4 Å². The van der Waals surface area contributed by atoms with E-state index in [-0.39, 0.29) is 0 Å². The molecule has 0 saturated heterocycles. The highest BCUT2D eigenvalue weighted by atomic mass is 19.4. The van der Waals surface area contributed by atoms with Gasteiger partial charge in [0.15, 0.2) is 6.61 Å². The fourth-order valence-corrected chi connectivity index (χ4v) is 1.09. The molecular weight excluding hydrogens is 265 g/mol. The first kappa shape index (κ1) is 14.8. The van der Waals surface area contributed by atoms with E-state index in [2.05, 4.69) is 0 Å². The maximum atomic E-state index is 11.8. The Balaban J connectivity index is 2.35. The quantitative estimate of drug-likeness (QED) is 0.812. The minimum absolute atomic E-state index is 0.400. The Morgan fingerprint density at radius 3 is 2.53 bits per heavy atom. The van der Waals surface area contributed by atoms with Gasteiger partial charge in [0.05, 0.1) is 0 Å². The van der Waals surface area contributed by atoms with Crippen molar-refractivity contribution in [1.82, 2.24) is 10.9 Å². The Morgan fingerprint density at radius 2 is 1.95 bits per heavy atom. The summed E-state index contributed by atoms with van der Waals surface area (Å²) in [6, 6.07) is 6.76. The van der Waals surface area contributed by atoms with Gasteiger partial charge in [-0.2, -0.15) is 13.2 Å². The van der Waals surface area contributed by atoms with E-state index in [9.17, 15) is 22.8 Å². The average molecular weight is 276 g/mol. The van der Waals surface area contributed by atoms with Crippen molar-refractivity contribution in [1.29, 1.82) is 0 Å². The number of aryl methyl sites for hydroxylation is 1. The maximum Gasteiger partial charge on any atom is 0.472 e. The maximum absolute atomic E-state index is 11.8. The molecule has 0 unspecified atom stereocenters. The minimum Gasteiger partial charge on any atom is -0.484 e. The van der Waals surface area contributed by atoms with E-state index in [1.165, 1.54) is 5.43 Å². The standard InChI is InChI=1S/C11H11F3N2O3/c1-7-3-2-4-8(5-7)19-6-9(17)15-16-10(18)11(12,13)14/h2-5H,6H2,1H3,(H,15,17)(H,16,18). The molecule has 1 aromatic carbocycles. The SMILES string of the molecule is Cc1cccc(OCC(=O)NNC(=O)C(F)(F)F)c1. The highest BCUT2D eigenvalue weighted by molar-refractivity contribution is 5.85. The van der Waals surface area contributed by atoms with E-state index in [1.54, 1.807) is 23.6 Å². The third-order valence-electron chi connectivity index (χ3n) is 1.93. The van der Waals surface area contributed by atoms with Crippen molar-refractivity contribution in [3.05, 3.63) is 29.8 Å². The third-order valence-corrected chi connectivity index (χ3v) is 1.93. The average Bonchev–Trinajstić information content (AvgIpc) is 2.32. The molecule has 0 aromatic heterocycles. The fourth-order valence-electron chi connectivity index (χ4n) is 1.09. The van der Waals surface area contributed by atoms with E-state index >= 15 is 0 Å². The molecule has 0 heterocycles. The van der Waals surface area contributed by atoms with Crippen LogP contribution in [-0.4, -0.2) is 24.6 Å². The van der Waals surface area contributed by atoms with Crippen molar-refractivity contribution in [3.63, 3.8) is 0 Å². The van der Waals surface area contributed by atoms with E-state index < -0.39 is 24.6 Å². The van der Waals surface area contributed by atoms with Gasteiger partial charge in [-0.15, -0.1) is 0 Å². The van der Waals surface area contributed by atoms with Crippen LogP contribution in [0.4, 0.5) is 13.2 Å². The highest BCUT2D eigenvalue weighted by Gasteiger charge is 2.38. The lowest BCUT2D eigenvalue weighted by Crippen LogP contribution is -2.49. The van der Waals surface area contributed by atoms with Gasteiger partial charge in [0.2, 0.25) is 0 Å². The first-order valence-corrected chi connectivity index (χ1v) is 5.14. The van der Waals surface area contributed by atoms with Gasteiger partial charge >= 0.3 is 12.1 Å². The number of alkyl halides is 3. The van der Waals surface area contributed by atoms with Gasteiger partial charge < -0.3 is 4.74 Å². The molecule has 19 heavy (non-hydrogen) atoms. The Hall–Kier alpha value is -2.25. The monoisotopic (exact) mass is 276 g/mol. The zero-order valence-electron chi connectivity index (χ0n) is 9.88. The number of halogens is 3. The van der Waals surface area contributed by atoms with Crippen LogP contribution in [0.25, 0.3) is 0 Å². The molecule has 2 N–H and O–H groups in total. The topological polar surface area (TPSA) is 67.4 Å². The second kappa shape index (κ2) is 6.07. The zero-order chi connectivity index (χ0) is 14.5. The first-order chi connectivity index (χ1) is 8.79. The van der Waals surface area contributed by atoms with Crippen molar-refractivity contribution in [2.75, 3.05) is 6.61 Å². The molecule has 0 aliphatic rings. The summed E-state index contributed by atoms with van der Waals surface area (Å²) in [5.74, 6) is -2.76. The summed E-state index contributed by atoms with van der Waals surface area (Å²) in [4.78, 5) is 21.5. The van der Waals surface area contributed by atoms with Crippen LogP contribution in [0.3, 0.4) is 0 Å². The molecule has 0 saturated carbocycles. The number of hydrogen-bond acceptors (Lipinski definition) is 3. The largest absolute Gasteiger partial charge is 0.484 e. The molecule has 1 rings (SSSR count). The molecule has 104 valence electrons. The molecule has 2 amide bonds. The number of amides is 2. The van der Waals surface area contributed by atoms with E-state index in [0.717, 1.165) is 5.56 Å². The Bertz CT molecular complexity index is 474. The van der Waals surface area contributed by atoms with Crippen molar-refractivity contribution < 1.29 is 27.5 Å². The molecule has 0 radical (unpaired) electrons. The second-order valence-electron chi connectivity index (χ2n) is 3.61. The molecule has 0 atom stereocenters. The van der Waals surface area contributed by atoms with Crippen molar-refractivity contribution >= 4 is 11.8 Å². The number of carbonyl (C=O) groups is 2. The van der Waals surface area contributed by atoms with Crippen LogP contribution in [0, 0.1) is 6.92 Å². The van der Waals surface area contributed by atoms with Gasteiger partial charge in [-0.05, 0) is 24.6 Å². The summed E-state index contributed by atoms with van der Waals surface area (Å²) >= 11 is 0. The van der Waals surface area contributed by atoms with Crippen molar-refractivity contribution in [3.8, 4) is 5.75 Å². The molecule has 0 fully saturated rings. The van der Waals surface area contributed by atoms with Gasteiger partial charge in [-0.25, -0.2) is 0 Å². The summed E-state index contributed by atoms with van der Waals surface area (Å²) < 4.78 is 40.4. The normalized spacial score (nSPS) is 10.7. The predicted molar refractivity (Wildman–Crippen MR) is 59.0 cm³/mol. The molecule has 0 bridgehead atoms. The Labute approximate surface area is 106 Å². The molecule has 0 aliphatic carbocycles. The van der Waals surface area contributed by atoms with E-state index in [4.69, 9.17) is 4.74 Å². The summed E-state index contributed by atoms with van der Waals surface area (Å²) in [6.07, 6.45) is -5.05. The third kappa shape index (κ3) is 5.28. The molecule has 0 spiro atoms. The molecule has 8 heteroatoms. The predicted octanol–water partition coefficient (Wildman–Crippen LogP) is 1.08. The molecule has 5 nitrogen and oxygen atoms in total. The van der Waals surface area contributed by atoms with Gasteiger partial charge in [0, 0.05) is 0 Å². The number of nitrogens with one attached hydrogen (secondary N) is 2. The van der Waals surface area contributed by atoms with Crippen LogP contribution >= 0.6 is 0 Å². The fraction of sp³-hybridized carbons (Fsp3) is 0.273. The van der Waals surface area contributed by atoms with Gasteiger partial charge in [0.25, 0.3) is 5.91 Å². The lowest BCUT2D eigenvalue weighted by Gasteiger charge is -2.10. The number of benzene rings is 1. The van der Waals surface area contributed by atoms with Crippen LogP contribution in [0.1, 0.15) is 5.56 Å².